The van der Waals surface area contributed by atoms with Gasteiger partial charge >= 0.3 is 5.24 Å². The fraction of sp³-hybridized carbons (Fsp3) is 0.333. The van der Waals surface area contributed by atoms with Crippen molar-refractivity contribution in [3.8, 4) is 5.75 Å². The summed E-state index contributed by atoms with van der Waals surface area (Å²) in [6.45, 7) is 8.53. The molecule has 0 radical (unpaired) electrons. The van der Waals surface area contributed by atoms with Gasteiger partial charge in [0.2, 0.25) is 0 Å². The van der Waals surface area contributed by atoms with E-state index in [0.717, 1.165) is 21.9 Å². The van der Waals surface area contributed by atoms with E-state index >= 15 is 0 Å². The number of nitrogens with zero attached hydrogens (tertiary/aromatic N) is 2. The molecule has 3 rings (SSSR count). The average Bonchev–Trinajstić information content (AvgIpc) is 3.19. The number of aromatic nitrogens is 1. The Morgan fingerprint density at radius 1 is 1.03 bits per heavy atom. The molecule has 0 saturated carbocycles. The molecule has 1 heterocycles. The molecule has 0 N–H and O–H groups in total. The molecule has 1 amide bonds. The highest BCUT2D eigenvalue weighted by Gasteiger charge is 2.31. The Morgan fingerprint density at radius 2 is 1.62 bits per heavy atom. The molecule has 0 fully saturated rings. The molecule has 0 unspecified atom stereocenters. The van der Waals surface area contributed by atoms with Crippen molar-refractivity contribution in [2.75, 3.05) is 6.54 Å². The van der Waals surface area contributed by atoms with E-state index < -0.39 is 15.1 Å². The summed E-state index contributed by atoms with van der Waals surface area (Å²) in [6, 6.07) is 14.1. The van der Waals surface area contributed by atoms with Gasteiger partial charge in [0.1, 0.15) is 17.4 Å². The molecule has 32 heavy (non-hydrogen) atoms. The van der Waals surface area contributed by atoms with Gasteiger partial charge in [-0.15, -0.1) is 11.3 Å². The molecule has 170 valence electrons. The second-order valence-electron chi connectivity index (χ2n) is 8.19. The summed E-state index contributed by atoms with van der Waals surface area (Å²) in [5, 5.41) is 1.70. The number of sulfone groups is 1. The van der Waals surface area contributed by atoms with Crippen LogP contribution in [0.1, 0.15) is 35.7 Å². The number of rotatable bonds is 8. The van der Waals surface area contributed by atoms with Crippen molar-refractivity contribution in [3.05, 3.63) is 75.7 Å². The topological polar surface area (TPSA) is 76.6 Å². The van der Waals surface area contributed by atoms with Gasteiger partial charge in [0.05, 0.1) is 17.1 Å². The minimum absolute atomic E-state index is 0.00678. The first-order chi connectivity index (χ1) is 15.1. The summed E-state index contributed by atoms with van der Waals surface area (Å²) >= 11 is 1.43. The number of aryl methyl sites for hydroxylation is 2. The Bertz CT molecular complexity index is 1150. The molecule has 1 aromatic heterocycles. The van der Waals surface area contributed by atoms with Gasteiger partial charge in [-0.05, 0) is 44.0 Å². The Hall–Kier alpha value is -2.71. The maximum atomic E-state index is 13.0. The van der Waals surface area contributed by atoms with Gasteiger partial charge in [-0.3, -0.25) is 4.79 Å². The Labute approximate surface area is 193 Å². The average molecular weight is 473 g/mol. The van der Waals surface area contributed by atoms with E-state index in [-0.39, 0.29) is 17.4 Å². The van der Waals surface area contributed by atoms with E-state index in [1.165, 1.54) is 28.4 Å². The van der Waals surface area contributed by atoms with Crippen LogP contribution in [0, 0.1) is 19.8 Å². The first-order valence-electron chi connectivity index (χ1n) is 10.4. The first-order valence-corrected chi connectivity index (χ1v) is 12.7. The van der Waals surface area contributed by atoms with Crippen LogP contribution in [0.2, 0.25) is 0 Å². The summed E-state index contributed by atoms with van der Waals surface area (Å²) in [5.74, 6) is 0.864. The molecule has 8 heteroatoms. The SMILES string of the molecule is Cc1ccc(OCc2nc(CN(CC(C)C)C(=O)S(=O)(=O)c3ccc(C)cc3)cs2)cc1. The second-order valence-corrected chi connectivity index (χ2v) is 11.0. The number of carbonyl (C=O) groups is 1. The molecule has 6 nitrogen and oxygen atoms in total. The van der Waals surface area contributed by atoms with E-state index in [2.05, 4.69) is 4.98 Å². The monoisotopic (exact) mass is 472 g/mol. The highest BCUT2D eigenvalue weighted by molar-refractivity contribution is 8.06. The van der Waals surface area contributed by atoms with Crippen molar-refractivity contribution in [1.29, 1.82) is 0 Å². The third kappa shape index (κ3) is 6.17. The molecule has 2 aromatic carbocycles. The predicted molar refractivity (Wildman–Crippen MR) is 127 cm³/mol. The van der Waals surface area contributed by atoms with Crippen LogP contribution in [-0.4, -0.2) is 30.1 Å². The Morgan fingerprint density at radius 3 is 2.22 bits per heavy atom. The van der Waals surface area contributed by atoms with E-state index in [0.29, 0.717) is 18.8 Å². The number of hydrogen-bond donors (Lipinski definition) is 0. The lowest BCUT2D eigenvalue weighted by Gasteiger charge is -2.23. The summed E-state index contributed by atoms with van der Waals surface area (Å²) < 4.78 is 31.6. The third-order valence-corrected chi connectivity index (χ3v) is 7.22. The normalized spacial score (nSPS) is 11.5. The van der Waals surface area contributed by atoms with Gasteiger partial charge < -0.3 is 9.64 Å². The fourth-order valence-corrected chi connectivity index (χ4v) is 4.97. The number of ether oxygens (including phenoxy) is 1. The molecule has 0 aliphatic rings. The van der Waals surface area contributed by atoms with Gasteiger partial charge in [0.25, 0.3) is 9.84 Å². The molecular formula is C24H28N2O4S2. The zero-order valence-electron chi connectivity index (χ0n) is 18.7. The van der Waals surface area contributed by atoms with Gasteiger partial charge in [0.15, 0.2) is 0 Å². The lowest BCUT2D eigenvalue weighted by atomic mass is 10.2. The van der Waals surface area contributed by atoms with Crippen LogP contribution >= 0.6 is 11.3 Å². The maximum Gasteiger partial charge on any atom is 0.344 e. The minimum atomic E-state index is -4.13. The van der Waals surface area contributed by atoms with E-state index in [4.69, 9.17) is 4.74 Å². The molecule has 0 spiro atoms. The molecule has 0 bridgehead atoms. The molecule has 3 aromatic rings. The van der Waals surface area contributed by atoms with Crippen LogP contribution in [0.25, 0.3) is 0 Å². The van der Waals surface area contributed by atoms with Crippen LogP contribution in [0.15, 0.2) is 58.8 Å². The summed E-state index contributed by atoms with van der Waals surface area (Å²) in [7, 11) is -4.13. The number of carbonyl (C=O) groups excluding carboxylic acids is 1. The van der Waals surface area contributed by atoms with Gasteiger partial charge in [-0.25, -0.2) is 13.4 Å². The second kappa shape index (κ2) is 10.3. The maximum absolute atomic E-state index is 13.0. The van der Waals surface area contributed by atoms with Crippen LogP contribution in [0.3, 0.4) is 0 Å². The zero-order valence-corrected chi connectivity index (χ0v) is 20.4. The zero-order chi connectivity index (χ0) is 23.3. The Balaban J connectivity index is 1.72. The summed E-state index contributed by atoms with van der Waals surface area (Å²) in [4.78, 5) is 18.9. The Kier molecular flexibility index (Phi) is 7.69. The first kappa shape index (κ1) is 23.9. The molecular weight excluding hydrogens is 444 g/mol. The van der Waals surface area contributed by atoms with Gasteiger partial charge in [-0.2, -0.15) is 0 Å². The van der Waals surface area contributed by atoms with E-state index in [1.54, 1.807) is 12.1 Å². The third-order valence-electron chi connectivity index (χ3n) is 4.74. The van der Waals surface area contributed by atoms with Crippen molar-refractivity contribution >= 4 is 26.4 Å². The van der Waals surface area contributed by atoms with Crippen molar-refractivity contribution in [1.82, 2.24) is 9.88 Å². The predicted octanol–water partition coefficient (Wildman–Crippen LogP) is 5.39. The molecule has 0 aliphatic heterocycles. The lowest BCUT2D eigenvalue weighted by molar-refractivity contribution is 0.209. The van der Waals surface area contributed by atoms with Crippen LogP contribution in [-0.2, 0) is 23.0 Å². The number of hydrogen-bond acceptors (Lipinski definition) is 6. The smallest absolute Gasteiger partial charge is 0.344 e. The van der Waals surface area contributed by atoms with Crippen molar-refractivity contribution in [2.45, 2.75) is 45.7 Å². The summed E-state index contributed by atoms with van der Waals surface area (Å²) in [5.41, 5.74) is 2.73. The molecule has 0 aliphatic carbocycles. The van der Waals surface area contributed by atoms with E-state index in [9.17, 15) is 13.2 Å². The van der Waals surface area contributed by atoms with Crippen molar-refractivity contribution in [3.63, 3.8) is 0 Å². The highest BCUT2D eigenvalue weighted by atomic mass is 32.2. The van der Waals surface area contributed by atoms with Gasteiger partial charge in [-0.1, -0.05) is 49.2 Å². The lowest BCUT2D eigenvalue weighted by Crippen LogP contribution is -2.37. The van der Waals surface area contributed by atoms with E-state index in [1.807, 2.05) is 57.3 Å². The van der Waals surface area contributed by atoms with Crippen LogP contribution in [0.5, 0.6) is 5.75 Å². The number of benzene rings is 2. The molecule has 0 atom stereocenters. The summed E-state index contributed by atoms with van der Waals surface area (Å²) in [6.07, 6.45) is 0. The minimum Gasteiger partial charge on any atom is -0.486 e. The standard InChI is InChI=1S/C24H28N2O4S2/c1-17(2)13-26(24(27)32(28,29)22-11-7-19(4)8-12-22)14-20-16-31-23(25-20)15-30-21-9-5-18(3)6-10-21/h5-12,16-17H,13-15H2,1-4H3. The molecule has 0 saturated heterocycles. The number of thiazole rings is 1. The van der Waals surface area contributed by atoms with Gasteiger partial charge in [0, 0.05) is 11.9 Å². The number of amides is 1. The highest BCUT2D eigenvalue weighted by Crippen LogP contribution is 2.21. The van der Waals surface area contributed by atoms with Crippen LogP contribution in [0.4, 0.5) is 4.79 Å². The van der Waals surface area contributed by atoms with Crippen LogP contribution < -0.4 is 4.74 Å². The van der Waals surface area contributed by atoms with Crippen molar-refractivity contribution in [2.24, 2.45) is 5.92 Å². The quantitative estimate of drug-likeness (QED) is 0.439. The van der Waals surface area contributed by atoms with Crippen molar-refractivity contribution < 1.29 is 17.9 Å². The largest absolute Gasteiger partial charge is 0.486 e. The fourth-order valence-electron chi connectivity index (χ4n) is 3.10.